The summed E-state index contributed by atoms with van der Waals surface area (Å²) in [6.45, 7) is 3.31. The Kier molecular flexibility index (Phi) is 5.56. The minimum Gasteiger partial charge on any atom is -0.458 e. The van der Waals surface area contributed by atoms with E-state index in [1.54, 1.807) is 20.1 Å². The van der Waals surface area contributed by atoms with Crippen molar-refractivity contribution >= 4 is 23.5 Å². The smallest absolute Gasteiger partial charge is 0.416 e. The van der Waals surface area contributed by atoms with Crippen LogP contribution >= 0.6 is 11.8 Å². The van der Waals surface area contributed by atoms with E-state index in [9.17, 15) is 22.8 Å². The number of halogens is 3. The number of Topliss-reactive ketones (excluding diaryl/α,β-unsaturated/α-hetero) is 1. The Labute approximate surface area is 163 Å². The molecule has 150 valence electrons. The van der Waals surface area contributed by atoms with Gasteiger partial charge in [-0.3, -0.25) is 4.79 Å². The highest BCUT2D eigenvalue weighted by Gasteiger charge is 2.39. The fraction of sp³-hybridized carbons (Fsp3) is 0.421. The second-order valence-corrected chi connectivity index (χ2v) is 7.59. The maximum Gasteiger partial charge on any atom is 0.416 e. The van der Waals surface area contributed by atoms with Gasteiger partial charge in [-0.1, -0.05) is 5.16 Å². The van der Waals surface area contributed by atoms with Crippen molar-refractivity contribution in [1.29, 1.82) is 0 Å². The summed E-state index contributed by atoms with van der Waals surface area (Å²) in [5.74, 6) is -1.35. The molecule has 0 saturated heterocycles. The van der Waals surface area contributed by atoms with Gasteiger partial charge in [0, 0.05) is 16.4 Å². The summed E-state index contributed by atoms with van der Waals surface area (Å²) in [7, 11) is 0. The Morgan fingerprint density at radius 2 is 1.96 bits per heavy atom. The van der Waals surface area contributed by atoms with Crippen LogP contribution in [0, 0.1) is 5.92 Å². The Hall–Kier alpha value is -2.29. The minimum absolute atomic E-state index is 0.00863. The molecule has 1 fully saturated rings. The van der Waals surface area contributed by atoms with Crippen molar-refractivity contribution in [1.82, 2.24) is 5.16 Å². The van der Waals surface area contributed by atoms with Gasteiger partial charge in [0.05, 0.1) is 11.7 Å². The number of ether oxygens (including phenoxy) is 1. The molecule has 1 aliphatic rings. The molecule has 3 rings (SSSR count). The van der Waals surface area contributed by atoms with Gasteiger partial charge in [0.1, 0.15) is 5.56 Å². The summed E-state index contributed by atoms with van der Waals surface area (Å²) in [4.78, 5) is 25.4. The largest absolute Gasteiger partial charge is 0.458 e. The lowest BCUT2D eigenvalue weighted by Crippen LogP contribution is -2.16. The van der Waals surface area contributed by atoms with Gasteiger partial charge >= 0.3 is 12.1 Å². The molecule has 0 amide bonds. The number of carbonyl (C=O) groups excluding carboxylic acids is 2. The molecule has 1 heterocycles. The van der Waals surface area contributed by atoms with Crippen LogP contribution in [0.15, 0.2) is 27.6 Å². The fourth-order valence-electron chi connectivity index (χ4n) is 2.72. The molecule has 2 aromatic rings. The first-order chi connectivity index (χ1) is 13.1. The van der Waals surface area contributed by atoms with E-state index in [1.807, 2.05) is 0 Å². The molecule has 5 nitrogen and oxygen atoms in total. The predicted octanol–water partition coefficient (Wildman–Crippen LogP) is 5.24. The number of hydrogen-bond acceptors (Lipinski definition) is 6. The number of rotatable bonds is 6. The number of nitrogens with zero attached hydrogens (tertiary/aromatic N) is 1. The van der Waals surface area contributed by atoms with E-state index in [0.717, 1.165) is 23.9 Å². The summed E-state index contributed by atoms with van der Waals surface area (Å²) >= 11 is 1.08. The number of thioether (sulfide) groups is 1. The van der Waals surface area contributed by atoms with E-state index in [2.05, 4.69) is 5.16 Å². The Morgan fingerprint density at radius 1 is 1.29 bits per heavy atom. The van der Waals surface area contributed by atoms with Crippen LogP contribution in [-0.2, 0) is 10.9 Å². The Bertz CT molecular complexity index is 916. The number of ketones is 1. The van der Waals surface area contributed by atoms with Crippen LogP contribution in [0.25, 0.3) is 11.3 Å². The van der Waals surface area contributed by atoms with E-state index in [0.29, 0.717) is 12.8 Å². The number of hydrogen-bond donors (Lipinski definition) is 0. The second-order valence-electron chi connectivity index (χ2n) is 6.74. The molecule has 1 aliphatic carbocycles. The summed E-state index contributed by atoms with van der Waals surface area (Å²) < 4.78 is 49.5. The molecule has 0 aliphatic heterocycles. The zero-order valence-electron chi connectivity index (χ0n) is 15.4. The Morgan fingerprint density at radius 3 is 2.50 bits per heavy atom. The molecule has 1 aromatic carbocycles. The topological polar surface area (TPSA) is 69.4 Å². The molecule has 0 N–H and O–H groups in total. The van der Waals surface area contributed by atoms with Gasteiger partial charge in [-0.05, 0) is 51.1 Å². The molecule has 28 heavy (non-hydrogen) atoms. The number of esters is 1. The third-order valence-corrected chi connectivity index (χ3v) is 4.97. The van der Waals surface area contributed by atoms with Crippen LogP contribution < -0.4 is 0 Å². The van der Waals surface area contributed by atoms with Gasteiger partial charge in [-0.25, -0.2) is 4.79 Å². The first-order valence-corrected chi connectivity index (χ1v) is 9.86. The average Bonchev–Trinajstić information content (AvgIpc) is 3.37. The monoisotopic (exact) mass is 413 g/mol. The lowest BCUT2D eigenvalue weighted by molar-refractivity contribution is -0.137. The van der Waals surface area contributed by atoms with Crippen molar-refractivity contribution in [3.63, 3.8) is 0 Å². The van der Waals surface area contributed by atoms with E-state index >= 15 is 0 Å². The standard InChI is InChI=1S/C19H18F3NO4S/c1-9(2)26-18(25)15-14(16(24)10-4-5-10)17(27-23-15)12-7-6-11(19(20,21)22)8-13(12)28-3/h6-10H,4-5H2,1-3H3. The minimum atomic E-state index is -4.50. The van der Waals surface area contributed by atoms with E-state index in [1.165, 1.54) is 6.07 Å². The Balaban J connectivity index is 2.13. The molecular formula is C19H18F3NO4S. The quantitative estimate of drug-likeness (QED) is 0.366. The fourth-order valence-corrected chi connectivity index (χ4v) is 3.34. The van der Waals surface area contributed by atoms with Crippen LogP contribution in [0.1, 0.15) is 53.1 Å². The van der Waals surface area contributed by atoms with Crippen LogP contribution in [0.4, 0.5) is 13.2 Å². The number of alkyl halides is 3. The maximum atomic E-state index is 13.0. The summed E-state index contributed by atoms with van der Waals surface area (Å²) in [6.07, 6.45) is -1.94. The highest BCUT2D eigenvalue weighted by molar-refractivity contribution is 7.98. The van der Waals surface area contributed by atoms with E-state index in [4.69, 9.17) is 9.26 Å². The highest BCUT2D eigenvalue weighted by Crippen LogP contribution is 2.41. The first kappa shape index (κ1) is 20.4. The zero-order valence-corrected chi connectivity index (χ0v) is 16.2. The maximum absolute atomic E-state index is 13.0. The van der Waals surface area contributed by atoms with E-state index < -0.39 is 23.8 Å². The molecular weight excluding hydrogens is 395 g/mol. The van der Waals surface area contributed by atoms with Crippen molar-refractivity contribution in [2.45, 2.75) is 43.9 Å². The van der Waals surface area contributed by atoms with Gasteiger partial charge in [-0.2, -0.15) is 13.2 Å². The van der Waals surface area contributed by atoms with Crippen molar-refractivity contribution < 1.29 is 32.0 Å². The number of benzene rings is 1. The zero-order chi connectivity index (χ0) is 20.6. The van der Waals surface area contributed by atoms with E-state index in [-0.39, 0.29) is 39.2 Å². The third-order valence-electron chi connectivity index (χ3n) is 4.20. The first-order valence-electron chi connectivity index (χ1n) is 8.64. The SMILES string of the molecule is CSc1cc(C(F)(F)F)ccc1-c1onc(C(=O)OC(C)C)c1C(=O)C1CC1. The molecule has 9 heteroatoms. The molecule has 0 atom stereocenters. The van der Waals surface area contributed by atoms with Gasteiger partial charge in [-0.15, -0.1) is 11.8 Å². The molecule has 0 bridgehead atoms. The normalized spacial score (nSPS) is 14.4. The third kappa shape index (κ3) is 4.09. The molecule has 1 saturated carbocycles. The summed E-state index contributed by atoms with van der Waals surface area (Å²) in [5, 5.41) is 3.72. The second kappa shape index (κ2) is 7.62. The number of carbonyl (C=O) groups is 2. The van der Waals surface area contributed by atoms with Crippen molar-refractivity contribution in [2.24, 2.45) is 5.92 Å². The lowest BCUT2D eigenvalue weighted by atomic mass is 9.99. The van der Waals surface area contributed by atoms with Crippen LogP contribution in [-0.4, -0.2) is 29.3 Å². The predicted molar refractivity (Wildman–Crippen MR) is 96.3 cm³/mol. The molecule has 1 aromatic heterocycles. The molecule has 0 unspecified atom stereocenters. The van der Waals surface area contributed by atoms with Crippen molar-refractivity contribution in [2.75, 3.05) is 6.26 Å². The number of aromatic nitrogens is 1. The van der Waals surface area contributed by atoms with Crippen molar-refractivity contribution in [3.8, 4) is 11.3 Å². The van der Waals surface area contributed by atoms with Gasteiger partial charge < -0.3 is 9.26 Å². The highest BCUT2D eigenvalue weighted by atomic mass is 32.2. The van der Waals surface area contributed by atoms with Crippen LogP contribution in [0.5, 0.6) is 0 Å². The molecule has 0 spiro atoms. The van der Waals surface area contributed by atoms with Gasteiger partial charge in [0.15, 0.2) is 11.5 Å². The van der Waals surface area contributed by atoms with Crippen molar-refractivity contribution in [3.05, 3.63) is 35.0 Å². The average molecular weight is 413 g/mol. The van der Waals surface area contributed by atoms with Crippen LogP contribution in [0.2, 0.25) is 0 Å². The van der Waals surface area contributed by atoms with Gasteiger partial charge in [0.25, 0.3) is 0 Å². The summed E-state index contributed by atoms with van der Waals surface area (Å²) in [6, 6.07) is 3.13. The molecule has 0 radical (unpaired) electrons. The lowest BCUT2D eigenvalue weighted by Gasteiger charge is -2.11. The van der Waals surface area contributed by atoms with Gasteiger partial charge in [0.2, 0.25) is 5.69 Å². The van der Waals surface area contributed by atoms with Crippen LogP contribution in [0.3, 0.4) is 0 Å². The summed E-state index contributed by atoms with van der Waals surface area (Å²) in [5.41, 5.74) is -0.800.